The van der Waals surface area contributed by atoms with Gasteiger partial charge in [0.1, 0.15) is 10.5 Å². The van der Waals surface area contributed by atoms with E-state index in [1.807, 2.05) is 30.5 Å². The van der Waals surface area contributed by atoms with Gasteiger partial charge in [0.2, 0.25) is 0 Å². The smallest absolute Gasteiger partial charge is 0.327 e. The molecule has 1 saturated heterocycles. The van der Waals surface area contributed by atoms with Gasteiger partial charge in [-0.25, -0.2) is 14.8 Å². The number of hydrogen-bond donors (Lipinski definition) is 2. The van der Waals surface area contributed by atoms with Gasteiger partial charge in [-0.1, -0.05) is 0 Å². The van der Waals surface area contributed by atoms with Crippen LogP contribution in [0.1, 0.15) is 37.9 Å². The first-order valence-electron chi connectivity index (χ1n) is 9.69. The van der Waals surface area contributed by atoms with E-state index < -0.39 is 5.54 Å². The molecule has 3 aromatic heterocycles. The predicted molar refractivity (Wildman–Crippen MR) is 119 cm³/mol. The fourth-order valence-electron chi connectivity index (χ4n) is 3.41. The van der Waals surface area contributed by atoms with E-state index >= 15 is 0 Å². The molecule has 3 aromatic rings. The average Bonchev–Trinajstić information content (AvgIpc) is 3.39. The van der Waals surface area contributed by atoms with Crippen LogP contribution in [0.15, 0.2) is 24.7 Å². The molecule has 1 fully saturated rings. The van der Waals surface area contributed by atoms with Crippen LogP contribution in [0, 0.1) is 6.92 Å². The summed E-state index contributed by atoms with van der Waals surface area (Å²) in [7, 11) is 1.63. The molecule has 4 heterocycles. The SMILES string of the molecule is C/C(=C\N)c1cnc2c(Nc3cc(CN4C(=O)N(C)C(C)(C)C4=O)ns3)nc(C)cn12. The van der Waals surface area contributed by atoms with Crippen LogP contribution in [0.4, 0.5) is 15.6 Å². The highest BCUT2D eigenvalue weighted by Gasteiger charge is 2.49. The second-order valence-electron chi connectivity index (χ2n) is 8.02. The number of aryl methyl sites for hydroxylation is 1. The van der Waals surface area contributed by atoms with E-state index in [1.165, 1.54) is 21.3 Å². The number of nitrogens with two attached hydrogens (primary N) is 1. The molecule has 0 bridgehead atoms. The molecule has 0 atom stereocenters. The summed E-state index contributed by atoms with van der Waals surface area (Å²) in [6, 6.07) is 1.49. The van der Waals surface area contributed by atoms with Crippen molar-refractivity contribution in [2.24, 2.45) is 5.73 Å². The number of nitrogens with one attached hydrogen (secondary N) is 1. The maximum atomic E-state index is 12.6. The Labute approximate surface area is 183 Å². The van der Waals surface area contributed by atoms with Crippen molar-refractivity contribution in [3.05, 3.63) is 41.7 Å². The fraction of sp³-hybridized carbons (Fsp3) is 0.350. The van der Waals surface area contributed by atoms with Crippen molar-refractivity contribution in [2.75, 3.05) is 12.4 Å². The minimum atomic E-state index is -0.861. The first kappa shape index (κ1) is 20.8. The Morgan fingerprint density at radius 2 is 2.10 bits per heavy atom. The maximum Gasteiger partial charge on any atom is 0.327 e. The lowest BCUT2D eigenvalue weighted by Crippen LogP contribution is -2.41. The molecule has 0 aromatic carbocycles. The zero-order valence-corrected chi connectivity index (χ0v) is 18.8. The first-order chi connectivity index (χ1) is 14.6. The van der Waals surface area contributed by atoms with Crippen LogP contribution >= 0.6 is 11.5 Å². The zero-order valence-electron chi connectivity index (χ0n) is 18.0. The van der Waals surface area contributed by atoms with Crippen LogP contribution in [0.5, 0.6) is 0 Å². The van der Waals surface area contributed by atoms with Crippen molar-refractivity contribution in [1.82, 2.24) is 28.5 Å². The maximum absolute atomic E-state index is 12.6. The highest BCUT2D eigenvalue weighted by molar-refractivity contribution is 7.10. The number of aromatic nitrogens is 4. The van der Waals surface area contributed by atoms with E-state index in [0.717, 1.165) is 22.0 Å². The summed E-state index contributed by atoms with van der Waals surface area (Å²) in [5.41, 5.74) is 8.68. The van der Waals surface area contributed by atoms with Gasteiger partial charge in [-0.05, 0) is 57.1 Å². The minimum Gasteiger partial charge on any atom is -0.404 e. The number of fused-ring (bicyclic) bond motifs is 1. The summed E-state index contributed by atoms with van der Waals surface area (Å²) in [4.78, 5) is 36.8. The number of nitrogens with zero attached hydrogens (tertiary/aromatic N) is 6. The quantitative estimate of drug-likeness (QED) is 0.585. The number of carbonyl (C=O) groups excluding carboxylic acids is 2. The van der Waals surface area contributed by atoms with Crippen LogP contribution in [0.2, 0.25) is 0 Å². The molecule has 10 nitrogen and oxygen atoms in total. The summed E-state index contributed by atoms with van der Waals surface area (Å²) >= 11 is 1.23. The van der Waals surface area contributed by atoms with Crippen LogP contribution in [-0.4, -0.2) is 53.1 Å². The van der Waals surface area contributed by atoms with Crippen molar-refractivity contribution in [3.63, 3.8) is 0 Å². The number of imide groups is 1. The Hall–Kier alpha value is -3.47. The highest BCUT2D eigenvalue weighted by Crippen LogP contribution is 2.29. The molecule has 0 aliphatic carbocycles. The molecule has 0 radical (unpaired) electrons. The lowest BCUT2D eigenvalue weighted by atomic mass is 10.1. The molecule has 4 rings (SSSR count). The normalized spacial score (nSPS) is 16.6. The van der Waals surface area contributed by atoms with E-state index in [2.05, 4.69) is 19.7 Å². The highest BCUT2D eigenvalue weighted by atomic mass is 32.1. The number of amides is 3. The molecule has 31 heavy (non-hydrogen) atoms. The molecule has 162 valence electrons. The summed E-state index contributed by atoms with van der Waals surface area (Å²) in [5.74, 6) is 0.346. The van der Waals surface area contributed by atoms with Gasteiger partial charge in [0.25, 0.3) is 5.91 Å². The van der Waals surface area contributed by atoms with Crippen LogP contribution < -0.4 is 11.1 Å². The molecule has 0 spiro atoms. The first-order valence-corrected chi connectivity index (χ1v) is 10.5. The van der Waals surface area contributed by atoms with Crippen LogP contribution in [0.25, 0.3) is 11.2 Å². The molecule has 3 N–H and O–H groups in total. The largest absolute Gasteiger partial charge is 0.404 e. The van der Waals surface area contributed by atoms with E-state index in [9.17, 15) is 9.59 Å². The number of carbonyl (C=O) groups is 2. The number of rotatable bonds is 5. The molecule has 11 heteroatoms. The zero-order chi connectivity index (χ0) is 22.5. The number of likely N-dealkylation sites (N-methyl/N-ethyl adjacent to an activating group) is 1. The summed E-state index contributed by atoms with van der Waals surface area (Å²) in [6.45, 7) is 7.40. The number of allylic oxidation sites excluding steroid dienone is 1. The monoisotopic (exact) mass is 440 g/mol. The third kappa shape index (κ3) is 3.40. The molecular formula is C20H24N8O2S. The van der Waals surface area contributed by atoms with Crippen LogP contribution in [-0.2, 0) is 11.3 Å². The number of imidazole rings is 1. The minimum absolute atomic E-state index is 0.119. The third-order valence-corrected chi connectivity index (χ3v) is 6.25. The van der Waals surface area contributed by atoms with Gasteiger partial charge in [-0.15, -0.1) is 0 Å². The van der Waals surface area contributed by atoms with Gasteiger partial charge in [0, 0.05) is 13.2 Å². The number of urea groups is 1. The van der Waals surface area contributed by atoms with Crippen molar-refractivity contribution < 1.29 is 9.59 Å². The number of anilines is 2. The Morgan fingerprint density at radius 1 is 1.35 bits per heavy atom. The standard InChI is InChI=1S/C20H24N8O2S/c1-11(7-21)14-8-22-17-16(23-12(2)9-27(14)17)24-15-6-13(25-31-15)10-28-18(29)20(3,4)26(5)19(28)30/h6-9H,10,21H2,1-5H3,(H,23,24)/b11-7+. The van der Waals surface area contributed by atoms with E-state index in [0.29, 0.717) is 17.2 Å². The van der Waals surface area contributed by atoms with Gasteiger partial charge >= 0.3 is 6.03 Å². The van der Waals surface area contributed by atoms with Gasteiger partial charge in [-0.3, -0.25) is 14.1 Å². The summed E-state index contributed by atoms with van der Waals surface area (Å²) in [6.07, 6.45) is 5.19. The Kier molecular flexibility index (Phi) is 4.92. The lowest BCUT2D eigenvalue weighted by molar-refractivity contribution is -0.132. The van der Waals surface area contributed by atoms with Gasteiger partial charge < -0.3 is 16.0 Å². The molecule has 0 saturated carbocycles. The molecule has 0 unspecified atom stereocenters. The molecular weight excluding hydrogens is 416 g/mol. The fourth-order valence-corrected chi connectivity index (χ4v) is 4.07. The average molecular weight is 441 g/mol. The van der Waals surface area contributed by atoms with Crippen molar-refractivity contribution >= 4 is 45.5 Å². The Bertz CT molecular complexity index is 1230. The Morgan fingerprint density at radius 3 is 2.74 bits per heavy atom. The van der Waals surface area contributed by atoms with E-state index in [1.54, 1.807) is 33.3 Å². The van der Waals surface area contributed by atoms with E-state index in [-0.39, 0.29) is 18.5 Å². The van der Waals surface area contributed by atoms with Crippen molar-refractivity contribution in [1.29, 1.82) is 0 Å². The van der Waals surface area contributed by atoms with Crippen molar-refractivity contribution in [3.8, 4) is 0 Å². The van der Waals surface area contributed by atoms with Gasteiger partial charge in [0.15, 0.2) is 11.5 Å². The summed E-state index contributed by atoms with van der Waals surface area (Å²) in [5, 5.41) is 4.00. The van der Waals surface area contributed by atoms with Crippen molar-refractivity contribution in [2.45, 2.75) is 39.8 Å². The third-order valence-electron chi connectivity index (χ3n) is 5.51. The predicted octanol–water partition coefficient (Wildman–Crippen LogP) is 2.73. The summed E-state index contributed by atoms with van der Waals surface area (Å²) < 4.78 is 6.34. The topological polar surface area (TPSA) is 122 Å². The van der Waals surface area contributed by atoms with E-state index in [4.69, 9.17) is 5.73 Å². The molecule has 3 amide bonds. The van der Waals surface area contributed by atoms with Crippen LogP contribution in [0.3, 0.4) is 0 Å². The molecule has 1 aliphatic heterocycles. The van der Waals surface area contributed by atoms with Gasteiger partial charge in [0.05, 0.1) is 29.8 Å². The molecule has 1 aliphatic rings. The number of hydrogen-bond acceptors (Lipinski definition) is 8. The Balaban J connectivity index is 1.59. The van der Waals surface area contributed by atoms with Gasteiger partial charge in [-0.2, -0.15) is 4.37 Å². The lowest BCUT2D eigenvalue weighted by Gasteiger charge is -2.22. The second kappa shape index (κ2) is 7.34. The second-order valence-corrected chi connectivity index (χ2v) is 8.82.